The molecule has 0 spiro atoms. The minimum absolute atomic E-state index is 0. The van der Waals surface area contributed by atoms with Crippen molar-refractivity contribution in [1.29, 1.82) is 0 Å². The number of hydrogen-bond acceptors (Lipinski definition) is 12. The molecule has 15 nitrogen and oxygen atoms in total. The second-order valence-corrected chi connectivity index (χ2v) is 6.50. The van der Waals surface area contributed by atoms with Crippen LogP contribution in [0.25, 0.3) is 0 Å². The fraction of sp³-hybridized carbons (Fsp3) is 0. The van der Waals surface area contributed by atoms with Crippen LogP contribution in [0.15, 0.2) is 36.4 Å². The first-order valence-corrected chi connectivity index (χ1v) is 9.01. The number of benzene rings is 3. The van der Waals surface area contributed by atoms with E-state index in [-0.39, 0.29) is 55.3 Å². The Morgan fingerprint density at radius 1 is 0.378 bits per heavy atom. The molecule has 201 valence electrons. The van der Waals surface area contributed by atoms with E-state index in [2.05, 4.69) is 0 Å². The van der Waals surface area contributed by atoms with E-state index in [1.807, 2.05) is 0 Å². The second-order valence-electron chi connectivity index (χ2n) is 6.50. The summed E-state index contributed by atoms with van der Waals surface area (Å²) in [6.07, 6.45) is 0. The molecule has 3 aromatic carbocycles. The fourth-order valence-corrected chi connectivity index (χ4v) is 2.18. The molecule has 0 aliphatic carbocycles. The number of hydrogen-bond donors (Lipinski definition) is 12. The van der Waals surface area contributed by atoms with Crippen molar-refractivity contribution >= 4 is 17.9 Å². The van der Waals surface area contributed by atoms with Crippen LogP contribution in [0.5, 0.6) is 51.7 Å². The van der Waals surface area contributed by atoms with Gasteiger partial charge in [-0.05, 0) is 36.4 Å². The molecular formula is C21H18O15Tb. The van der Waals surface area contributed by atoms with Crippen LogP contribution < -0.4 is 0 Å². The third-order valence-electron chi connectivity index (χ3n) is 3.95. The first-order valence-electron chi connectivity index (χ1n) is 9.01. The quantitative estimate of drug-likeness (QED) is 0.176. The van der Waals surface area contributed by atoms with Crippen molar-refractivity contribution in [3.63, 3.8) is 0 Å². The van der Waals surface area contributed by atoms with Gasteiger partial charge in [-0.1, -0.05) is 0 Å². The molecule has 3 rings (SSSR count). The molecule has 0 saturated carbocycles. The van der Waals surface area contributed by atoms with Gasteiger partial charge in [-0.2, -0.15) is 0 Å². The molecule has 1 radical (unpaired) electrons. The van der Waals surface area contributed by atoms with E-state index < -0.39 is 69.7 Å². The zero-order valence-electron chi connectivity index (χ0n) is 17.9. The van der Waals surface area contributed by atoms with Crippen molar-refractivity contribution in [2.24, 2.45) is 0 Å². The number of carboxylic acid groups (broad SMARTS) is 3. The standard InChI is InChI=1S/3C7H6O5.Tb/c3*8-4-1-3(7(11)12)2-5(9)6(4)10;/h3*1-2,8-10H,(H,11,12);. The number of phenols is 9. The van der Waals surface area contributed by atoms with Gasteiger partial charge in [-0.3, -0.25) is 0 Å². The molecule has 3 aromatic rings. The van der Waals surface area contributed by atoms with Crippen LogP contribution in [0, 0.1) is 38.6 Å². The summed E-state index contributed by atoms with van der Waals surface area (Å²) in [5, 5.41) is 105. The van der Waals surface area contributed by atoms with E-state index in [1.165, 1.54) is 0 Å². The first-order chi connectivity index (χ1) is 16.6. The Labute approximate surface area is 236 Å². The van der Waals surface area contributed by atoms with E-state index in [0.717, 1.165) is 36.4 Å². The number of aromatic hydroxyl groups is 9. The van der Waals surface area contributed by atoms with Gasteiger partial charge in [0.1, 0.15) is 0 Å². The summed E-state index contributed by atoms with van der Waals surface area (Å²) in [6.45, 7) is 0. The van der Waals surface area contributed by atoms with E-state index in [9.17, 15) is 14.4 Å². The molecule has 0 amide bonds. The summed E-state index contributed by atoms with van der Waals surface area (Å²) >= 11 is 0. The molecule has 0 unspecified atom stereocenters. The van der Waals surface area contributed by atoms with Crippen LogP contribution in [0.2, 0.25) is 0 Å². The maximum atomic E-state index is 10.3. The van der Waals surface area contributed by atoms with Gasteiger partial charge >= 0.3 is 17.9 Å². The second kappa shape index (κ2) is 13.6. The first kappa shape index (κ1) is 32.6. The topological polar surface area (TPSA) is 294 Å². The molecule has 0 aliphatic rings. The van der Waals surface area contributed by atoms with Crippen LogP contribution in [0.4, 0.5) is 0 Å². The average Bonchev–Trinajstić information content (AvgIpc) is 2.79. The van der Waals surface area contributed by atoms with Gasteiger partial charge in [0.25, 0.3) is 0 Å². The normalized spacial score (nSPS) is 9.41. The monoisotopic (exact) mass is 669 g/mol. The van der Waals surface area contributed by atoms with E-state index in [0.29, 0.717) is 0 Å². The summed E-state index contributed by atoms with van der Waals surface area (Å²) < 4.78 is 0. The van der Waals surface area contributed by atoms with Crippen molar-refractivity contribution in [3.8, 4) is 51.7 Å². The van der Waals surface area contributed by atoms with E-state index >= 15 is 0 Å². The Balaban J connectivity index is 0.000000518. The Hall–Kier alpha value is -4.44. The maximum absolute atomic E-state index is 10.3. The van der Waals surface area contributed by atoms with Gasteiger partial charge in [0.2, 0.25) is 0 Å². The van der Waals surface area contributed by atoms with Gasteiger partial charge < -0.3 is 61.3 Å². The predicted molar refractivity (Wildman–Crippen MR) is 115 cm³/mol. The number of aromatic carboxylic acids is 3. The van der Waals surface area contributed by atoms with Crippen LogP contribution in [0.3, 0.4) is 0 Å². The van der Waals surface area contributed by atoms with Crippen molar-refractivity contribution in [3.05, 3.63) is 53.1 Å². The summed E-state index contributed by atoms with van der Waals surface area (Å²) in [7, 11) is 0. The Bertz CT molecular complexity index is 1090. The molecule has 37 heavy (non-hydrogen) atoms. The molecule has 0 heterocycles. The van der Waals surface area contributed by atoms with Crippen LogP contribution in [0.1, 0.15) is 31.1 Å². The zero-order valence-corrected chi connectivity index (χ0v) is 20.0. The third kappa shape index (κ3) is 8.93. The molecule has 0 saturated heterocycles. The van der Waals surface area contributed by atoms with Gasteiger partial charge in [0, 0.05) is 38.6 Å². The number of carboxylic acids is 3. The van der Waals surface area contributed by atoms with Crippen molar-refractivity contribution < 1.29 is 114 Å². The molecule has 12 N–H and O–H groups in total. The largest absolute Gasteiger partial charge is 0.504 e. The summed E-state index contributed by atoms with van der Waals surface area (Å²) in [5.74, 6) is -10.00. The Morgan fingerprint density at radius 3 is 0.622 bits per heavy atom. The van der Waals surface area contributed by atoms with Crippen LogP contribution >= 0.6 is 0 Å². The van der Waals surface area contributed by atoms with Gasteiger partial charge in [0.15, 0.2) is 51.7 Å². The van der Waals surface area contributed by atoms with E-state index in [1.54, 1.807) is 0 Å². The molecule has 0 fully saturated rings. The minimum Gasteiger partial charge on any atom is -0.504 e. The van der Waals surface area contributed by atoms with Crippen LogP contribution in [-0.4, -0.2) is 79.2 Å². The maximum Gasteiger partial charge on any atom is 0.335 e. The predicted octanol–water partition coefficient (Wildman–Crippen LogP) is 1.50. The Kier molecular flexibility index (Phi) is 12.0. The fourth-order valence-electron chi connectivity index (χ4n) is 2.18. The van der Waals surface area contributed by atoms with Gasteiger partial charge in [0.05, 0.1) is 16.7 Å². The number of carbonyl (C=O) groups is 3. The van der Waals surface area contributed by atoms with Gasteiger partial charge in [-0.15, -0.1) is 0 Å². The smallest absolute Gasteiger partial charge is 0.335 e. The average molecular weight is 669 g/mol. The van der Waals surface area contributed by atoms with Crippen LogP contribution in [-0.2, 0) is 0 Å². The Morgan fingerprint density at radius 2 is 0.514 bits per heavy atom. The van der Waals surface area contributed by atoms with E-state index in [4.69, 9.17) is 61.3 Å². The third-order valence-corrected chi connectivity index (χ3v) is 3.95. The van der Waals surface area contributed by atoms with Crippen molar-refractivity contribution in [2.75, 3.05) is 0 Å². The number of rotatable bonds is 3. The summed E-state index contributed by atoms with van der Waals surface area (Å²) in [4.78, 5) is 30.9. The molecule has 0 bridgehead atoms. The summed E-state index contributed by atoms with van der Waals surface area (Å²) in [5.41, 5.74) is -0.867. The minimum atomic E-state index is -1.29. The molecule has 0 aliphatic heterocycles. The van der Waals surface area contributed by atoms with Crippen molar-refractivity contribution in [1.82, 2.24) is 0 Å². The van der Waals surface area contributed by atoms with Crippen molar-refractivity contribution in [2.45, 2.75) is 0 Å². The summed E-state index contributed by atoms with van der Waals surface area (Å²) in [6, 6.07) is 5.07. The molecular weight excluding hydrogens is 651 g/mol. The zero-order chi connectivity index (χ0) is 27.9. The van der Waals surface area contributed by atoms with Gasteiger partial charge in [-0.25, -0.2) is 14.4 Å². The molecule has 0 aromatic heterocycles. The SMILES string of the molecule is O=C(O)c1cc(O)c(O)c(O)c1.O=C(O)c1cc(O)c(O)c(O)c1.O=C(O)c1cc(O)c(O)c(O)c1.[Tb]. The molecule has 0 atom stereocenters. The number of phenolic OH excluding ortho intramolecular Hbond substituents is 9. The molecule has 16 heteroatoms.